The fraction of sp³-hybridized carbons (Fsp3) is 0.545. The number of imidazole rings is 1. The van der Waals surface area contributed by atoms with Gasteiger partial charge in [0.05, 0.1) is 47.6 Å². The molecule has 0 radical (unpaired) electrons. The van der Waals surface area contributed by atoms with Gasteiger partial charge in [0, 0.05) is 44.3 Å². The lowest BCUT2D eigenvalue weighted by atomic mass is 9.91. The van der Waals surface area contributed by atoms with Crippen LogP contribution in [0.25, 0.3) is 11.4 Å². The second-order valence-electron chi connectivity index (χ2n) is 12.7. The number of nitrogens with one attached hydrogen (secondary N) is 3. The van der Waals surface area contributed by atoms with E-state index in [1.54, 1.807) is 18.3 Å². The van der Waals surface area contributed by atoms with Gasteiger partial charge in [-0.15, -0.1) is 0 Å². The molecule has 5 N–H and O–H groups in total. The molecule has 13 heteroatoms. The van der Waals surface area contributed by atoms with Gasteiger partial charge in [0.1, 0.15) is 17.5 Å². The van der Waals surface area contributed by atoms with E-state index in [4.69, 9.17) is 15.5 Å². The topological polar surface area (TPSA) is 154 Å². The fourth-order valence-corrected chi connectivity index (χ4v) is 6.79. The number of ether oxygens (including phenoxy) is 1. The number of anilines is 3. The molecule has 2 aliphatic heterocycles. The highest BCUT2D eigenvalue weighted by atomic mass is 19.1. The number of nitrogens with zero attached hydrogens (tertiary/aromatic N) is 5. The number of hydrogen-bond donors (Lipinski definition) is 4. The van der Waals surface area contributed by atoms with Gasteiger partial charge in [0.15, 0.2) is 5.82 Å². The summed E-state index contributed by atoms with van der Waals surface area (Å²) < 4.78 is 20.7. The van der Waals surface area contributed by atoms with Gasteiger partial charge in [0.2, 0.25) is 5.91 Å². The molecule has 0 spiro atoms. The number of aromatic amines is 1. The lowest BCUT2D eigenvalue weighted by molar-refractivity contribution is -0.126. The molecule has 6 rings (SSSR count). The first-order valence-corrected chi connectivity index (χ1v) is 16.4. The predicted molar refractivity (Wildman–Crippen MR) is 174 cm³/mol. The van der Waals surface area contributed by atoms with Gasteiger partial charge in [-0.1, -0.05) is 25.3 Å². The van der Waals surface area contributed by atoms with Crippen molar-refractivity contribution < 1.29 is 18.7 Å². The molecule has 2 saturated heterocycles. The number of aryl methyl sites for hydroxylation is 1. The van der Waals surface area contributed by atoms with Crippen LogP contribution in [0.2, 0.25) is 0 Å². The van der Waals surface area contributed by atoms with Crippen molar-refractivity contribution in [3.8, 4) is 11.4 Å². The molecule has 4 heterocycles. The number of piperidine rings is 1. The van der Waals surface area contributed by atoms with Gasteiger partial charge in [-0.25, -0.2) is 19.3 Å². The van der Waals surface area contributed by atoms with Crippen molar-refractivity contribution >= 4 is 29.0 Å². The highest BCUT2D eigenvalue weighted by Gasteiger charge is 2.32. The zero-order chi connectivity index (χ0) is 32.2. The van der Waals surface area contributed by atoms with Crippen LogP contribution in [0.15, 0.2) is 30.5 Å². The number of halogens is 1. The van der Waals surface area contributed by atoms with Crippen molar-refractivity contribution in [3.63, 3.8) is 0 Å². The summed E-state index contributed by atoms with van der Waals surface area (Å²) >= 11 is 0. The molecule has 0 bridgehead atoms. The Balaban J connectivity index is 1.17. The molecule has 1 aliphatic carbocycles. The first-order chi connectivity index (χ1) is 22.3. The van der Waals surface area contributed by atoms with E-state index in [1.165, 1.54) is 25.3 Å². The molecule has 3 atom stereocenters. The maximum Gasteiger partial charge on any atom is 0.291 e. The molecule has 1 saturated carbocycles. The molecular formula is C33H44FN9O3. The highest BCUT2D eigenvalue weighted by molar-refractivity contribution is 6.04. The summed E-state index contributed by atoms with van der Waals surface area (Å²) in [4.78, 5) is 47.3. The summed E-state index contributed by atoms with van der Waals surface area (Å²) in [6.07, 6.45) is 8.78. The van der Waals surface area contributed by atoms with Crippen molar-refractivity contribution in [2.75, 3.05) is 47.9 Å². The minimum atomic E-state index is -0.510. The smallest absolute Gasteiger partial charge is 0.291 e. The molecular weight excluding hydrogens is 589 g/mol. The van der Waals surface area contributed by atoms with Crippen molar-refractivity contribution in [2.45, 2.75) is 77.0 Å². The zero-order valence-electron chi connectivity index (χ0n) is 26.6. The monoisotopic (exact) mass is 633 g/mol. The average molecular weight is 634 g/mol. The second-order valence-corrected chi connectivity index (χ2v) is 12.7. The summed E-state index contributed by atoms with van der Waals surface area (Å²) in [6, 6.07) is 6.94. The van der Waals surface area contributed by atoms with Crippen molar-refractivity contribution in [1.29, 1.82) is 0 Å². The number of amides is 2. The summed E-state index contributed by atoms with van der Waals surface area (Å²) in [7, 11) is 0. The Hall–Kier alpha value is -4.10. The predicted octanol–water partition coefficient (Wildman–Crippen LogP) is 3.78. The maximum absolute atomic E-state index is 15.0. The summed E-state index contributed by atoms with van der Waals surface area (Å²) in [5.74, 6) is 0.440. The molecule has 12 nitrogen and oxygen atoms in total. The molecule has 2 amide bonds. The van der Waals surface area contributed by atoms with E-state index in [-0.39, 0.29) is 35.8 Å². The molecule has 1 aromatic carbocycles. The number of aromatic nitrogens is 4. The number of hydrogen-bond acceptors (Lipinski definition) is 9. The second kappa shape index (κ2) is 14.1. The Morgan fingerprint density at radius 3 is 2.76 bits per heavy atom. The first kappa shape index (κ1) is 31.9. The lowest BCUT2D eigenvalue weighted by Gasteiger charge is -2.39. The molecule has 246 valence electrons. The third kappa shape index (κ3) is 7.15. The number of benzene rings is 1. The van der Waals surface area contributed by atoms with Gasteiger partial charge < -0.3 is 35.9 Å². The Labute approximate surface area is 268 Å². The first-order valence-electron chi connectivity index (χ1n) is 16.4. The fourth-order valence-electron chi connectivity index (χ4n) is 6.79. The van der Waals surface area contributed by atoms with Crippen LogP contribution in [0, 0.1) is 18.7 Å². The molecule has 3 aliphatic rings. The summed E-state index contributed by atoms with van der Waals surface area (Å²) in [5.41, 5.74) is 7.55. The van der Waals surface area contributed by atoms with Crippen molar-refractivity contribution in [1.82, 2.24) is 25.3 Å². The number of rotatable bonds is 8. The van der Waals surface area contributed by atoms with Gasteiger partial charge in [-0.05, 0) is 51.7 Å². The Morgan fingerprint density at radius 1 is 1.13 bits per heavy atom. The van der Waals surface area contributed by atoms with Crippen LogP contribution in [0.4, 0.5) is 21.6 Å². The van der Waals surface area contributed by atoms with E-state index < -0.39 is 11.7 Å². The Kier molecular flexibility index (Phi) is 9.78. The largest absolute Gasteiger partial charge is 0.373 e. The van der Waals surface area contributed by atoms with Gasteiger partial charge in [-0.2, -0.15) is 0 Å². The van der Waals surface area contributed by atoms with Crippen LogP contribution in [-0.4, -0.2) is 82.7 Å². The minimum absolute atomic E-state index is 0.0654. The lowest BCUT2D eigenvalue weighted by Crippen LogP contribution is -2.49. The van der Waals surface area contributed by atoms with Crippen LogP contribution in [0.5, 0.6) is 0 Å². The molecule has 2 unspecified atom stereocenters. The number of nitrogens with two attached hydrogens (primary N) is 1. The maximum atomic E-state index is 15.0. The zero-order valence-corrected chi connectivity index (χ0v) is 26.6. The van der Waals surface area contributed by atoms with Crippen LogP contribution in [0.1, 0.15) is 68.3 Å². The van der Waals surface area contributed by atoms with Crippen LogP contribution in [-0.2, 0) is 9.53 Å². The van der Waals surface area contributed by atoms with E-state index in [0.717, 1.165) is 31.5 Å². The number of carbonyl (C=O) groups excluding carboxylic acids is 2. The average Bonchev–Trinajstić information content (AvgIpc) is 3.56. The van der Waals surface area contributed by atoms with Gasteiger partial charge in [0.25, 0.3) is 5.91 Å². The molecule has 2 aromatic heterocycles. The van der Waals surface area contributed by atoms with Gasteiger partial charge >= 0.3 is 0 Å². The number of para-hydroxylation sites is 1. The van der Waals surface area contributed by atoms with Crippen molar-refractivity contribution in [2.24, 2.45) is 11.7 Å². The van der Waals surface area contributed by atoms with E-state index in [2.05, 4.69) is 37.4 Å². The number of carbonyl (C=O) groups is 2. The van der Waals surface area contributed by atoms with Crippen molar-refractivity contribution in [3.05, 3.63) is 47.9 Å². The Bertz CT molecular complexity index is 1540. The third-order valence-corrected chi connectivity index (χ3v) is 9.34. The molecule has 3 aromatic rings. The standard InChI is InChI=1S/C33H44FN9O3/c1-20-11-12-22(32(44)39-23-7-4-3-5-8-23)18-43(20)29-15-27(37-21(2)38-29)28-17-36-31(40-28)33(45)41-26-10-6-9-25(34)30(26)42-13-14-46-24(16-35)19-42/h6,9-10,15,17,20,22-24H,3-5,7-8,11-14,16,18-19,35H2,1-2H3,(H,36,40)(H,39,44)(H,41,45)/t20?,22?,24-/m0/s1. The quantitative estimate of drug-likeness (QED) is 0.290. The van der Waals surface area contributed by atoms with Crippen LogP contribution in [0.3, 0.4) is 0 Å². The molecule has 46 heavy (non-hydrogen) atoms. The summed E-state index contributed by atoms with van der Waals surface area (Å²) in [6.45, 7) is 6.18. The van der Waals surface area contributed by atoms with Crippen LogP contribution < -0.4 is 26.2 Å². The summed E-state index contributed by atoms with van der Waals surface area (Å²) in [5, 5.41) is 6.12. The normalized spacial score (nSPS) is 22.5. The SMILES string of the molecule is Cc1nc(-c2cnc(C(=O)Nc3cccc(F)c3N3CCO[C@@H](CN)C3)[nH]2)cc(N2CC(C(=O)NC3CCCCC3)CCC2C)n1. The molecule has 3 fully saturated rings. The third-order valence-electron chi connectivity index (χ3n) is 9.34. The minimum Gasteiger partial charge on any atom is -0.373 e. The number of H-pyrrole nitrogens is 1. The Morgan fingerprint density at radius 2 is 1.96 bits per heavy atom. The highest BCUT2D eigenvalue weighted by Crippen LogP contribution is 2.32. The van der Waals surface area contributed by atoms with E-state index in [0.29, 0.717) is 61.4 Å². The van der Waals surface area contributed by atoms with E-state index in [9.17, 15) is 9.59 Å². The van der Waals surface area contributed by atoms with E-state index in [1.807, 2.05) is 17.9 Å². The number of morpholine rings is 1. The van der Waals surface area contributed by atoms with Gasteiger partial charge in [-0.3, -0.25) is 9.59 Å². The van der Waals surface area contributed by atoms with E-state index >= 15 is 4.39 Å². The van der Waals surface area contributed by atoms with Crippen LogP contribution >= 0.6 is 0 Å².